The van der Waals surface area contributed by atoms with Crippen molar-refractivity contribution in [2.45, 2.75) is 63.8 Å². The molecule has 17 heavy (non-hydrogen) atoms. The Balaban J connectivity index is 1.89. The average Bonchev–Trinajstić information content (AvgIpc) is 2.34. The van der Waals surface area contributed by atoms with E-state index < -0.39 is 0 Å². The van der Waals surface area contributed by atoms with E-state index in [4.69, 9.17) is 4.74 Å². The van der Waals surface area contributed by atoms with Gasteiger partial charge < -0.3 is 10.1 Å². The first-order valence-corrected chi connectivity index (χ1v) is 7.67. The largest absolute Gasteiger partial charge is 0.381 e. The van der Waals surface area contributed by atoms with Gasteiger partial charge in [-0.25, -0.2) is 0 Å². The van der Waals surface area contributed by atoms with E-state index in [9.17, 15) is 0 Å². The minimum Gasteiger partial charge on any atom is -0.381 e. The van der Waals surface area contributed by atoms with Crippen LogP contribution in [-0.4, -0.2) is 26.3 Å². The summed E-state index contributed by atoms with van der Waals surface area (Å²) < 4.78 is 5.67. The van der Waals surface area contributed by atoms with Crippen LogP contribution in [0, 0.1) is 11.8 Å². The quantitative estimate of drug-likeness (QED) is 0.815. The second-order valence-electron chi connectivity index (χ2n) is 5.90. The normalized spacial score (nSPS) is 30.5. The summed E-state index contributed by atoms with van der Waals surface area (Å²) in [6, 6.07) is 0.702. The van der Waals surface area contributed by atoms with Crippen molar-refractivity contribution in [1.29, 1.82) is 0 Å². The highest BCUT2D eigenvalue weighted by Gasteiger charge is 2.29. The lowest BCUT2D eigenvalue weighted by molar-refractivity contribution is 0.0273. The zero-order chi connectivity index (χ0) is 11.9. The van der Waals surface area contributed by atoms with E-state index in [0.717, 1.165) is 25.0 Å². The first-order chi connectivity index (χ1) is 8.42. The van der Waals surface area contributed by atoms with Crippen LogP contribution in [0.1, 0.15) is 57.8 Å². The van der Waals surface area contributed by atoms with Crippen LogP contribution in [0.5, 0.6) is 0 Å². The van der Waals surface area contributed by atoms with Crippen LogP contribution in [0.3, 0.4) is 0 Å². The van der Waals surface area contributed by atoms with Gasteiger partial charge in [0, 0.05) is 12.6 Å². The molecule has 1 aliphatic carbocycles. The molecule has 0 aromatic rings. The lowest BCUT2D eigenvalue weighted by Crippen LogP contribution is -2.44. The minimum absolute atomic E-state index is 0.702. The molecule has 0 aromatic heterocycles. The Hall–Kier alpha value is -0.0800. The van der Waals surface area contributed by atoms with Crippen molar-refractivity contribution in [2.24, 2.45) is 11.8 Å². The van der Waals surface area contributed by atoms with Gasteiger partial charge in [0.15, 0.2) is 0 Å². The molecule has 0 amide bonds. The Bertz CT molecular complexity index is 193. The molecular formula is C15H29NO. The van der Waals surface area contributed by atoms with E-state index in [1.54, 1.807) is 0 Å². The van der Waals surface area contributed by atoms with Gasteiger partial charge in [0.2, 0.25) is 0 Å². The van der Waals surface area contributed by atoms with Gasteiger partial charge in [-0.15, -0.1) is 0 Å². The molecule has 1 heterocycles. The van der Waals surface area contributed by atoms with Crippen molar-refractivity contribution in [3.05, 3.63) is 0 Å². The standard InChI is InChI=1S/C15H29NO/c1-16-15(14-10-7-11-17-12-14)13-8-5-3-2-4-6-9-13/h13-16H,2-12H2,1H3. The van der Waals surface area contributed by atoms with E-state index >= 15 is 0 Å². The van der Waals surface area contributed by atoms with Crippen molar-refractivity contribution in [1.82, 2.24) is 5.32 Å². The minimum atomic E-state index is 0.702. The highest BCUT2D eigenvalue weighted by atomic mass is 16.5. The maximum absolute atomic E-state index is 5.67. The first-order valence-electron chi connectivity index (χ1n) is 7.67. The molecule has 2 fully saturated rings. The second kappa shape index (κ2) is 7.38. The second-order valence-corrected chi connectivity index (χ2v) is 5.90. The Morgan fingerprint density at radius 2 is 1.53 bits per heavy atom. The zero-order valence-electron chi connectivity index (χ0n) is 11.4. The molecule has 0 spiro atoms. The van der Waals surface area contributed by atoms with Gasteiger partial charge in [0.05, 0.1) is 6.61 Å². The predicted octanol–water partition coefficient (Wildman–Crippen LogP) is 3.36. The highest BCUT2D eigenvalue weighted by Crippen LogP contribution is 2.30. The first kappa shape index (κ1) is 13.4. The van der Waals surface area contributed by atoms with E-state index in [-0.39, 0.29) is 0 Å². The monoisotopic (exact) mass is 239 g/mol. The summed E-state index contributed by atoms with van der Waals surface area (Å²) in [5, 5.41) is 3.61. The fraction of sp³-hybridized carbons (Fsp3) is 1.00. The number of rotatable bonds is 3. The smallest absolute Gasteiger partial charge is 0.0509 e. The third-order valence-electron chi connectivity index (χ3n) is 4.69. The molecule has 0 bridgehead atoms. The molecule has 1 saturated carbocycles. The SMILES string of the molecule is CNC(C1CCCCCCC1)C1CCCOC1. The molecule has 100 valence electrons. The molecule has 2 atom stereocenters. The van der Waals surface area contributed by atoms with E-state index in [2.05, 4.69) is 12.4 Å². The summed E-state index contributed by atoms with van der Waals surface area (Å²) in [5.41, 5.74) is 0. The molecule has 0 aromatic carbocycles. The molecule has 1 N–H and O–H groups in total. The van der Waals surface area contributed by atoms with Crippen molar-refractivity contribution >= 4 is 0 Å². The Morgan fingerprint density at radius 1 is 0.882 bits per heavy atom. The summed E-state index contributed by atoms with van der Waals surface area (Å²) in [6.07, 6.45) is 12.7. The zero-order valence-corrected chi connectivity index (χ0v) is 11.4. The molecule has 1 saturated heterocycles. The molecule has 1 aliphatic heterocycles. The van der Waals surface area contributed by atoms with Crippen LogP contribution in [-0.2, 0) is 4.74 Å². The third-order valence-corrected chi connectivity index (χ3v) is 4.69. The molecule has 2 unspecified atom stereocenters. The summed E-state index contributed by atoms with van der Waals surface area (Å²) >= 11 is 0. The molecule has 2 heteroatoms. The van der Waals surface area contributed by atoms with E-state index in [1.165, 1.54) is 57.8 Å². The lowest BCUT2D eigenvalue weighted by Gasteiger charge is -2.36. The Kier molecular flexibility index (Phi) is 5.79. The van der Waals surface area contributed by atoms with Crippen LogP contribution in [0.15, 0.2) is 0 Å². The molecular weight excluding hydrogens is 210 g/mol. The number of hydrogen-bond donors (Lipinski definition) is 1. The number of hydrogen-bond acceptors (Lipinski definition) is 2. The summed E-state index contributed by atoms with van der Waals surface area (Å²) in [5.74, 6) is 1.66. The van der Waals surface area contributed by atoms with Gasteiger partial charge in [-0.05, 0) is 44.6 Å². The highest BCUT2D eigenvalue weighted by molar-refractivity contribution is 4.84. The van der Waals surface area contributed by atoms with Crippen molar-refractivity contribution < 1.29 is 4.74 Å². The van der Waals surface area contributed by atoms with E-state index in [0.29, 0.717) is 6.04 Å². The van der Waals surface area contributed by atoms with Crippen LogP contribution in [0.4, 0.5) is 0 Å². The molecule has 0 radical (unpaired) electrons. The lowest BCUT2D eigenvalue weighted by atomic mass is 9.78. The van der Waals surface area contributed by atoms with Gasteiger partial charge in [-0.3, -0.25) is 0 Å². The Morgan fingerprint density at radius 3 is 2.12 bits per heavy atom. The van der Waals surface area contributed by atoms with Gasteiger partial charge >= 0.3 is 0 Å². The van der Waals surface area contributed by atoms with Crippen molar-refractivity contribution in [3.63, 3.8) is 0 Å². The number of nitrogens with one attached hydrogen (secondary N) is 1. The molecule has 2 rings (SSSR count). The van der Waals surface area contributed by atoms with Gasteiger partial charge in [-0.2, -0.15) is 0 Å². The van der Waals surface area contributed by atoms with Gasteiger partial charge in [0.1, 0.15) is 0 Å². The Labute approximate surface area is 107 Å². The van der Waals surface area contributed by atoms with Crippen LogP contribution in [0.2, 0.25) is 0 Å². The van der Waals surface area contributed by atoms with Crippen LogP contribution < -0.4 is 5.32 Å². The van der Waals surface area contributed by atoms with Gasteiger partial charge in [-0.1, -0.05) is 32.1 Å². The van der Waals surface area contributed by atoms with Crippen molar-refractivity contribution in [2.75, 3.05) is 20.3 Å². The number of ether oxygens (including phenoxy) is 1. The van der Waals surface area contributed by atoms with E-state index in [1.807, 2.05) is 0 Å². The topological polar surface area (TPSA) is 21.3 Å². The summed E-state index contributed by atoms with van der Waals surface area (Å²) in [4.78, 5) is 0. The van der Waals surface area contributed by atoms with Crippen LogP contribution in [0.25, 0.3) is 0 Å². The van der Waals surface area contributed by atoms with Gasteiger partial charge in [0.25, 0.3) is 0 Å². The summed E-state index contributed by atoms with van der Waals surface area (Å²) in [6.45, 7) is 1.97. The maximum Gasteiger partial charge on any atom is 0.0509 e. The average molecular weight is 239 g/mol. The predicted molar refractivity (Wildman–Crippen MR) is 72.2 cm³/mol. The fourth-order valence-electron chi connectivity index (χ4n) is 3.75. The van der Waals surface area contributed by atoms with Crippen molar-refractivity contribution in [3.8, 4) is 0 Å². The van der Waals surface area contributed by atoms with Crippen LogP contribution >= 0.6 is 0 Å². The maximum atomic E-state index is 5.67. The third kappa shape index (κ3) is 3.96. The molecule has 2 nitrogen and oxygen atoms in total. The fourth-order valence-corrected chi connectivity index (χ4v) is 3.75. The molecule has 2 aliphatic rings. The summed E-state index contributed by atoms with van der Waals surface area (Å²) in [7, 11) is 2.15.